The Morgan fingerprint density at radius 2 is 2.00 bits per heavy atom. The van der Waals surface area contributed by atoms with Crippen molar-refractivity contribution in [1.82, 2.24) is 5.32 Å². The van der Waals surface area contributed by atoms with Crippen molar-refractivity contribution in [2.75, 3.05) is 19.8 Å². The van der Waals surface area contributed by atoms with E-state index in [4.69, 9.17) is 21.1 Å². The van der Waals surface area contributed by atoms with Gasteiger partial charge in [0.15, 0.2) is 11.5 Å². The number of fused-ring (bicyclic) bond motifs is 1. The monoisotopic (exact) mass is 295 g/mol. The highest BCUT2D eigenvalue weighted by Gasteiger charge is 2.35. The highest BCUT2D eigenvalue weighted by atomic mass is 35.5. The Hall–Kier alpha value is -0.930. The highest BCUT2D eigenvalue weighted by molar-refractivity contribution is 6.32. The van der Waals surface area contributed by atoms with Crippen molar-refractivity contribution in [3.8, 4) is 11.5 Å². The third kappa shape index (κ3) is 2.27. The van der Waals surface area contributed by atoms with E-state index in [0.717, 1.165) is 37.3 Å². The van der Waals surface area contributed by atoms with Crippen LogP contribution in [0.3, 0.4) is 0 Å². The van der Waals surface area contributed by atoms with E-state index in [9.17, 15) is 0 Å². The van der Waals surface area contributed by atoms with Gasteiger partial charge >= 0.3 is 0 Å². The molecule has 4 heteroatoms. The lowest BCUT2D eigenvalue weighted by atomic mass is 9.85. The fourth-order valence-corrected chi connectivity index (χ4v) is 3.56. The summed E-state index contributed by atoms with van der Waals surface area (Å²) in [6.07, 6.45) is 4.16. The van der Waals surface area contributed by atoms with Crippen LogP contribution in [0.1, 0.15) is 44.2 Å². The van der Waals surface area contributed by atoms with E-state index in [0.29, 0.717) is 18.2 Å². The number of rotatable bonds is 2. The Balaban J connectivity index is 2.15. The van der Waals surface area contributed by atoms with Gasteiger partial charge in [-0.05, 0) is 44.4 Å². The lowest BCUT2D eigenvalue weighted by Gasteiger charge is -2.29. The van der Waals surface area contributed by atoms with Crippen molar-refractivity contribution in [2.24, 2.45) is 0 Å². The number of hydrogen-bond donors (Lipinski definition) is 1. The average molecular weight is 296 g/mol. The van der Waals surface area contributed by atoms with Crippen LogP contribution in [0.15, 0.2) is 6.07 Å². The molecule has 0 spiro atoms. The second-order valence-corrected chi connectivity index (χ2v) is 6.22. The molecule has 1 N–H and O–H groups in total. The molecule has 110 valence electrons. The molecule has 1 aromatic rings. The van der Waals surface area contributed by atoms with Crippen LogP contribution in [0, 0.1) is 0 Å². The molecule has 1 unspecified atom stereocenters. The number of benzene rings is 1. The van der Waals surface area contributed by atoms with Gasteiger partial charge in [-0.15, -0.1) is 0 Å². The fourth-order valence-electron chi connectivity index (χ4n) is 3.31. The molecule has 2 aliphatic heterocycles. The first-order chi connectivity index (χ1) is 9.65. The zero-order chi connectivity index (χ0) is 14.2. The van der Waals surface area contributed by atoms with E-state index in [1.165, 1.54) is 17.5 Å². The maximum atomic E-state index is 6.46. The molecular formula is C16H22ClNO2. The van der Waals surface area contributed by atoms with Gasteiger partial charge in [0, 0.05) is 17.5 Å². The summed E-state index contributed by atoms with van der Waals surface area (Å²) in [7, 11) is 0. The molecule has 1 saturated heterocycles. The maximum absolute atomic E-state index is 6.46. The normalized spacial score (nSPS) is 25.6. The quantitative estimate of drug-likeness (QED) is 0.903. The van der Waals surface area contributed by atoms with E-state index >= 15 is 0 Å². The molecule has 2 heterocycles. The van der Waals surface area contributed by atoms with Crippen LogP contribution >= 0.6 is 11.6 Å². The van der Waals surface area contributed by atoms with Crippen LogP contribution in [-0.4, -0.2) is 19.8 Å². The zero-order valence-electron chi connectivity index (χ0n) is 12.2. The highest BCUT2D eigenvalue weighted by Crippen LogP contribution is 2.46. The molecule has 20 heavy (non-hydrogen) atoms. The summed E-state index contributed by atoms with van der Waals surface area (Å²) >= 11 is 6.46. The topological polar surface area (TPSA) is 30.5 Å². The molecule has 0 saturated carbocycles. The molecule has 3 rings (SSSR count). The van der Waals surface area contributed by atoms with Crippen LogP contribution < -0.4 is 14.8 Å². The Labute approximate surface area is 125 Å². The molecule has 2 aliphatic rings. The minimum atomic E-state index is -0.000320. The molecule has 1 atom stereocenters. The van der Waals surface area contributed by atoms with E-state index in [-0.39, 0.29) is 5.54 Å². The number of ether oxygens (including phenoxy) is 2. The first kappa shape index (κ1) is 14.0. The Morgan fingerprint density at radius 1 is 1.25 bits per heavy atom. The van der Waals surface area contributed by atoms with Crippen molar-refractivity contribution in [3.05, 3.63) is 22.2 Å². The Bertz CT molecular complexity index is 510. The Kier molecular flexibility index (Phi) is 3.83. The van der Waals surface area contributed by atoms with E-state index in [2.05, 4.69) is 25.2 Å². The molecule has 1 aromatic carbocycles. The van der Waals surface area contributed by atoms with E-state index < -0.39 is 0 Å². The van der Waals surface area contributed by atoms with Crippen LogP contribution in [0.2, 0.25) is 5.02 Å². The predicted molar refractivity (Wildman–Crippen MR) is 81.0 cm³/mol. The first-order valence-corrected chi connectivity index (χ1v) is 7.90. The van der Waals surface area contributed by atoms with Gasteiger partial charge in [0.2, 0.25) is 0 Å². The molecule has 0 bridgehead atoms. The third-order valence-electron chi connectivity index (χ3n) is 4.39. The molecule has 0 aliphatic carbocycles. The van der Waals surface area contributed by atoms with Crippen LogP contribution in [0.4, 0.5) is 0 Å². The molecule has 0 radical (unpaired) electrons. The number of halogens is 1. The molecule has 3 nitrogen and oxygen atoms in total. The summed E-state index contributed by atoms with van der Waals surface area (Å²) in [6, 6.07) is 2.08. The molecule has 0 aromatic heterocycles. The van der Waals surface area contributed by atoms with Crippen molar-refractivity contribution < 1.29 is 9.47 Å². The Morgan fingerprint density at radius 3 is 2.65 bits per heavy atom. The lowest BCUT2D eigenvalue weighted by molar-refractivity contribution is 0.296. The van der Waals surface area contributed by atoms with Gasteiger partial charge in [0.25, 0.3) is 0 Å². The van der Waals surface area contributed by atoms with Crippen LogP contribution in [-0.2, 0) is 12.0 Å². The minimum Gasteiger partial charge on any atom is -0.489 e. The van der Waals surface area contributed by atoms with Crippen molar-refractivity contribution >= 4 is 11.6 Å². The summed E-state index contributed by atoms with van der Waals surface area (Å²) < 4.78 is 11.8. The molecule has 1 fully saturated rings. The summed E-state index contributed by atoms with van der Waals surface area (Å²) in [5.74, 6) is 1.59. The standard InChI is InChI=1S/C16H22ClNO2/c1-3-11-12(16(2)6-4-7-18-16)10-13(17)15-14(11)19-8-5-9-20-15/h10,18H,3-9H2,1-2H3. The van der Waals surface area contributed by atoms with Gasteiger partial charge < -0.3 is 14.8 Å². The SMILES string of the molecule is CCc1c(C2(C)CCCN2)cc(Cl)c2c1OCCCO2. The zero-order valence-corrected chi connectivity index (χ0v) is 13.0. The van der Waals surface area contributed by atoms with Gasteiger partial charge in [0.1, 0.15) is 0 Å². The summed E-state index contributed by atoms with van der Waals surface area (Å²) in [5, 5.41) is 4.29. The van der Waals surface area contributed by atoms with Gasteiger partial charge in [-0.3, -0.25) is 0 Å². The minimum absolute atomic E-state index is 0.000320. The van der Waals surface area contributed by atoms with Gasteiger partial charge in [-0.1, -0.05) is 18.5 Å². The average Bonchev–Trinajstić information content (AvgIpc) is 2.74. The third-order valence-corrected chi connectivity index (χ3v) is 4.67. The second-order valence-electron chi connectivity index (χ2n) is 5.81. The molecule has 0 amide bonds. The van der Waals surface area contributed by atoms with Gasteiger partial charge in [-0.25, -0.2) is 0 Å². The number of hydrogen-bond acceptors (Lipinski definition) is 3. The first-order valence-electron chi connectivity index (χ1n) is 7.52. The van der Waals surface area contributed by atoms with Crippen molar-refractivity contribution in [1.29, 1.82) is 0 Å². The smallest absolute Gasteiger partial charge is 0.180 e. The lowest BCUT2D eigenvalue weighted by Crippen LogP contribution is -2.34. The van der Waals surface area contributed by atoms with Gasteiger partial charge in [0.05, 0.1) is 18.2 Å². The van der Waals surface area contributed by atoms with E-state index in [1.807, 2.05) is 0 Å². The van der Waals surface area contributed by atoms with Gasteiger partial charge in [-0.2, -0.15) is 0 Å². The summed E-state index contributed by atoms with van der Waals surface area (Å²) in [6.45, 7) is 6.86. The van der Waals surface area contributed by atoms with Crippen LogP contribution in [0.25, 0.3) is 0 Å². The second kappa shape index (κ2) is 5.45. The van der Waals surface area contributed by atoms with Crippen LogP contribution in [0.5, 0.6) is 11.5 Å². The fraction of sp³-hybridized carbons (Fsp3) is 0.625. The van der Waals surface area contributed by atoms with Crippen molar-refractivity contribution in [3.63, 3.8) is 0 Å². The maximum Gasteiger partial charge on any atom is 0.180 e. The summed E-state index contributed by atoms with van der Waals surface area (Å²) in [4.78, 5) is 0. The predicted octanol–water partition coefficient (Wildman–Crippen LogP) is 3.66. The van der Waals surface area contributed by atoms with Crippen molar-refractivity contribution in [2.45, 2.75) is 45.1 Å². The van der Waals surface area contributed by atoms with E-state index in [1.54, 1.807) is 0 Å². The molecular weight excluding hydrogens is 274 g/mol. The number of nitrogens with one attached hydrogen (secondary N) is 1. The largest absolute Gasteiger partial charge is 0.489 e. The summed E-state index contributed by atoms with van der Waals surface area (Å²) in [5.41, 5.74) is 2.51.